The van der Waals surface area contributed by atoms with Gasteiger partial charge in [-0.25, -0.2) is 0 Å². The quantitative estimate of drug-likeness (QED) is 0.768. The summed E-state index contributed by atoms with van der Waals surface area (Å²) in [5.41, 5.74) is 2.91. The molecule has 3 heteroatoms. The number of nitrogens with one attached hydrogen (secondary N) is 1. The minimum absolute atomic E-state index is 0.448. The van der Waals surface area contributed by atoms with Gasteiger partial charge in [-0.2, -0.15) is 0 Å². The highest BCUT2D eigenvalue weighted by Crippen LogP contribution is 2.43. The van der Waals surface area contributed by atoms with Gasteiger partial charge < -0.3 is 9.55 Å². The molecule has 1 aromatic heterocycles. The van der Waals surface area contributed by atoms with E-state index >= 15 is 0 Å². The van der Waals surface area contributed by atoms with E-state index in [1.54, 1.807) is 0 Å². The van der Waals surface area contributed by atoms with Crippen LogP contribution in [-0.4, -0.2) is 9.55 Å². The van der Waals surface area contributed by atoms with Gasteiger partial charge in [0.15, 0.2) is 4.77 Å². The van der Waals surface area contributed by atoms with E-state index in [2.05, 4.69) is 53.0 Å². The normalized spacial score (nSPS) is 17.4. The Morgan fingerprint density at radius 1 is 1.20 bits per heavy atom. The number of H-pyrrole nitrogens is 1. The molecule has 2 aromatic rings. The minimum atomic E-state index is 0.448. The molecule has 1 N–H and O–H groups in total. The Labute approximate surface area is 125 Å². The van der Waals surface area contributed by atoms with Crippen molar-refractivity contribution in [3.63, 3.8) is 0 Å². The highest BCUT2D eigenvalue weighted by molar-refractivity contribution is 7.71. The second kappa shape index (κ2) is 5.57. The molecule has 20 heavy (non-hydrogen) atoms. The van der Waals surface area contributed by atoms with E-state index in [0.717, 1.165) is 11.3 Å². The predicted octanol–water partition coefficient (Wildman–Crippen LogP) is 5.18. The Balaban J connectivity index is 1.98. The van der Waals surface area contributed by atoms with Crippen molar-refractivity contribution in [1.29, 1.82) is 0 Å². The molecular weight excluding hydrogens is 264 g/mol. The van der Waals surface area contributed by atoms with Crippen LogP contribution in [0.5, 0.6) is 0 Å². The molecule has 1 aliphatic rings. The monoisotopic (exact) mass is 286 g/mol. The second-order valence-electron chi connectivity index (χ2n) is 5.99. The Bertz CT molecular complexity index is 618. The molecule has 0 bridgehead atoms. The summed E-state index contributed by atoms with van der Waals surface area (Å²) in [6, 6.07) is 10.5. The fraction of sp³-hybridized carbons (Fsp3) is 0.471. The lowest BCUT2D eigenvalue weighted by molar-refractivity contribution is 0.237. The Hall–Kier alpha value is -1.35. The molecule has 106 valence electrons. The van der Waals surface area contributed by atoms with Crippen LogP contribution in [0.25, 0.3) is 11.3 Å². The van der Waals surface area contributed by atoms with Crippen LogP contribution in [0.2, 0.25) is 0 Å². The Morgan fingerprint density at radius 3 is 2.55 bits per heavy atom. The maximum absolute atomic E-state index is 5.51. The minimum Gasteiger partial charge on any atom is -0.337 e. The van der Waals surface area contributed by atoms with Crippen LogP contribution in [0, 0.1) is 10.2 Å². The lowest BCUT2D eigenvalue weighted by Crippen LogP contribution is -2.23. The molecule has 0 radical (unpaired) electrons. The van der Waals surface area contributed by atoms with Crippen LogP contribution < -0.4 is 0 Å². The first kappa shape index (κ1) is 13.6. The van der Waals surface area contributed by atoms with Crippen LogP contribution in [-0.2, 0) is 6.54 Å². The number of hydrogen-bond acceptors (Lipinski definition) is 1. The first-order chi connectivity index (χ1) is 9.74. The molecule has 1 heterocycles. The van der Waals surface area contributed by atoms with Gasteiger partial charge in [-0.1, -0.05) is 50.1 Å². The molecule has 1 aromatic carbocycles. The summed E-state index contributed by atoms with van der Waals surface area (Å²) in [5.74, 6) is 0. The number of rotatable bonds is 4. The van der Waals surface area contributed by atoms with Crippen molar-refractivity contribution in [3.05, 3.63) is 41.3 Å². The van der Waals surface area contributed by atoms with Gasteiger partial charge in [-0.3, -0.25) is 0 Å². The molecule has 0 aliphatic heterocycles. The first-order valence-corrected chi connectivity index (χ1v) is 7.99. The molecule has 0 spiro atoms. The fourth-order valence-corrected chi connectivity index (χ4v) is 3.71. The lowest BCUT2D eigenvalue weighted by Gasteiger charge is -2.28. The van der Waals surface area contributed by atoms with E-state index in [-0.39, 0.29) is 0 Å². The van der Waals surface area contributed by atoms with Crippen molar-refractivity contribution in [2.24, 2.45) is 5.41 Å². The van der Waals surface area contributed by atoms with Crippen molar-refractivity contribution in [3.8, 4) is 11.3 Å². The van der Waals surface area contributed by atoms with Gasteiger partial charge in [0.1, 0.15) is 0 Å². The van der Waals surface area contributed by atoms with Gasteiger partial charge in [0, 0.05) is 12.7 Å². The van der Waals surface area contributed by atoms with Gasteiger partial charge in [-0.15, -0.1) is 0 Å². The summed E-state index contributed by atoms with van der Waals surface area (Å²) in [6.45, 7) is 3.37. The molecular formula is C17H22N2S. The topological polar surface area (TPSA) is 20.7 Å². The summed E-state index contributed by atoms with van der Waals surface area (Å²) in [6.07, 6.45) is 8.71. The van der Waals surface area contributed by atoms with E-state index in [0.29, 0.717) is 5.41 Å². The van der Waals surface area contributed by atoms with Crippen molar-refractivity contribution in [2.45, 2.75) is 45.6 Å². The summed E-state index contributed by atoms with van der Waals surface area (Å²) in [7, 11) is 0. The average Bonchev–Trinajstić information content (AvgIpc) is 3.09. The number of imidazole rings is 1. The van der Waals surface area contributed by atoms with Crippen LogP contribution in [0.15, 0.2) is 36.5 Å². The smallest absolute Gasteiger partial charge is 0.177 e. The van der Waals surface area contributed by atoms with Gasteiger partial charge in [-0.05, 0) is 42.5 Å². The third-order valence-corrected chi connectivity index (χ3v) is 5.18. The van der Waals surface area contributed by atoms with Crippen molar-refractivity contribution in [2.75, 3.05) is 0 Å². The van der Waals surface area contributed by atoms with Gasteiger partial charge in [0.05, 0.1) is 5.69 Å². The largest absolute Gasteiger partial charge is 0.337 e. The maximum atomic E-state index is 5.51. The average molecular weight is 286 g/mol. The number of benzene rings is 1. The van der Waals surface area contributed by atoms with Gasteiger partial charge in [0.25, 0.3) is 0 Å². The maximum Gasteiger partial charge on any atom is 0.177 e. The van der Waals surface area contributed by atoms with E-state index in [9.17, 15) is 0 Å². The molecule has 0 atom stereocenters. The Morgan fingerprint density at radius 2 is 1.90 bits per heavy atom. The molecule has 0 saturated heterocycles. The molecule has 1 fully saturated rings. The summed E-state index contributed by atoms with van der Waals surface area (Å²) < 4.78 is 3.16. The summed E-state index contributed by atoms with van der Waals surface area (Å²) >= 11 is 5.51. The number of nitrogens with zero attached hydrogens (tertiary/aromatic N) is 1. The van der Waals surface area contributed by atoms with Crippen molar-refractivity contribution < 1.29 is 0 Å². The van der Waals surface area contributed by atoms with E-state index in [1.165, 1.54) is 43.4 Å². The summed E-state index contributed by atoms with van der Waals surface area (Å²) in [4.78, 5) is 3.23. The zero-order valence-electron chi connectivity index (χ0n) is 12.1. The molecule has 1 aliphatic carbocycles. The predicted molar refractivity (Wildman–Crippen MR) is 86.2 cm³/mol. The second-order valence-corrected chi connectivity index (χ2v) is 6.38. The fourth-order valence-electron chi connectivity index (χ4n) is 3.48. The number of aromatic amines is 1. The van der Waals surface area contributed by atoms with E-state index < -0.39 is 0 Å². The van der Waals surface area contributed by atoms with E-state index in [1.807, 2.05) is 0 Å². The molecule has 1 saturated carbocycles. The summed E-state index contributed by atoms with van der Waals surface area (Å²) in [5, 5.41) is 0. The Kier molecular flexibility index (Phi) is 3.79. The highest BCUT2D eigenvalue weighted by atomic mass is 32.1. The van der Waals surface area contributed by atoms with Gasteiger partial charge in [0.2, 0.25) is 0 Å². The number of aromatic nitrogens is 2. The third kappa shape index (κ3) is 2.47. The molecule has 3 rings (SSSR count). The van der Waals surface area contributed by atoms with Gasteiger partial charge >= 0.3 is 0 Å². The van der Waals surface area contributed by atoms with Crippen LogP contribution in [0.4, 0.5) is 0 Å². The highest BCUT2D eigenvalue weighted by Gasteiger charge is 2.33. The van der Waals surface area contributed by atoms with Crippen LogP contribution >= 0.6 is 12.2 Å². The SMILES string of the molecule is CCC1(Cn2c(-c3ccccc3)c[nH]c2=S)CCCC1. The third-order valence-electron chi connectivity index (χ3n) is 4.85. The number of hydrogen-bond donors (Lipinski definition) is 1. The molecule has 0 amide bonds. The van der Waals surface area contributed by atoms with Crippen LogP contribution in [0.3, 0.4) is 0 Å². The van der Waals surface area contributed by atoms with Crippen molar-refractivity contribution in [1.82, 2.24) is 9.55 Å². The van der Waals surface area contributed by atoms with Crippen LogP contribution in [0.1, 0.15) is 39.0 Å². The van der Waals surface area contributed by atoms with Crippen molar-refractivity contribution >= 4 is 12.2 Å². The molecule has 0 unspecified atom stereocenters. The molecule has 2 nitrogen and oxygen atoms in total. The first-order valence-electron chi connectivity index (χ1n) is 7.58. The zero-order chi connectivity index (χ0) is 14.0. The van der Waals surface area contributed by atoms with E-state index in [4.69, 9.17) is 12.2 Å². The lowest BCUT2D eigenvalue weighted by atomic mass is 9.83. The standard InChI is InChI=1S/C17H22N2S/c1-2-17(10-6-7-11-17)13-19-15(12-18-16(19)20)14-8-4-3-5-9-14/h3-5,8-9,12H,2,6-7,10-11,13H2,1H3,(H,18,20). The zero-order valence-corrected chi connectivity index (χ0v) is 12.9.